The number of hydrogen-bond acceptors (Lipinski definition) is 4. The van der Waals surface area contributed by atoms with Crippen LogP contribution in [0.15, 0.2) is 0 Å². The standard InChI is InChI=1S/2C11H23N.C10H22N2/c3*1-9(2)11-5-7-12(8-6-11)10(3)4/h2*9-11H,5-8H2,1-4H3;9-10H,5-8H2,1-4H3. The molecule has 0 N–H and O–H groups in total. The Kier molecular flexibility index (Phi) is 16.4. The number of nitrogens with zero attached hydrogens (tertiary/aromatic N) is 4. The van der Waals surface area contributed by atoms with E-state index in [0.29, 0.717) is 0 Å². The van der Waals surface area contributed by atoms with E-state index in [1.165, 1.54) is 78.0 Å². The summed E-state index contributed by atoms with van der Waals surface area (Å²) >= 11 is 0. The molecule has 0 unspecified atom stereocenters. The number of piperazine rings is 1. The van der Waals surface area contributed by atoms with E-state index >= 15 is 0 Å². The molecule has 0 spiro atoms. The molecule has 216 valence electrons. The summed E-state index contributed by atoms with van der Waals surface area (Å²) in [6.45, 7) is 38.0. The van der Waals surface area contributed by atoms with Gasteiger partial charge in [-0.2, -0.15) is 0 Å². The third kappa shape index (κ3) is 12.6. The van der Waals surface area contributed by atoms with Crippen LogP contribution in [0.1, 0.15) is 109 Å². The van der Waals surface area contributed by atoms with Gasteiger partial charge in [-0.15, -0.1) is 0 Å². The highest BCUT2D eigenvalue weighted by Crippen LogP contribution is 2.26. The van der Waals surface area contributed by atoms with Gasteiger partial charge < -0.3 is 9.80 Å². The predicted molar refractivity (Wildman–Crippen MR) is 162 cm³/mol. The molecule has 36 heavy (non-hydrogen) atoms. The van der Waals surface area contributed by atoms with Gasteiger partial charge in [0.1, 0.15) is 0 Å². The molecule has 0 saturated carbocycles. The third-order valence-electron chi connectivity index (χ3n) is 9.30. The van der Waals surface area contributed by atoms with E-state index in [9.17, 15) is 0 Å². The van der Waals surface area contributed by atoms with Crippen molar-refractivity contribution >= 4 is 0 Å². The highest BCUT2D eigenvalue weighted by atomic mass is 15.3. The van der Waals surface area contributed by atoms with Crippen LogP contribution >= 0.6 is 0 Å². The Labute approximate surface area is 228 Å². The van der Waals surface area contributed by atoms with E-state index in [-0.39, 0.29) is 0 Å². The summed E-state index contributed by atoms with van der Waals surface area (Å²) in [5.74, 6) is 3.75. The normalized spacial score (nSPS) is 22.5. The lowest BCUT2D eigenvalue weighted by Gasteiger charge is -2.38. The predicted octanol–water partition coefficient (Wildman–Crippen LogP) is 6.95. The Hall–Kier alpha value is -0.160. The fraction of sp³-hybridized carbons (Fsp3) is 1.00. The highest BCUT2D eigenvalue weighted by Gasteiger charge is 2.23. The van der Waals surface area contributed by atoms with E-state index in [1.54, 1.807) is 0 Å². The summed E-state index contributed by atoms with van der Waals surface area (Å²) in [5, 5.41) is 0. The maximum atomic E-state index is 2.60. The van der Waals surface area contributed by atoms with Crippen molar-refractivity contribution in [2.75, 3.05) is 52.4 Å². The Bertz CT molecular complexity index is 394. The van der Waals surface area contributed by atoms with Crippen LogP contribution in [0.3, 0.4) is 0 Å². The van der Waals surface area contributed by atoms with Gasteiger partial charge in [-0.05, 0) is 131 Å². The lowest BCUT2D eigenvalue weighted by atomic mass is 9.86. The van der Waals surface area contributed by atoms with E-state index in [4.69, 9.17) is 0 Å². The molecule has 3 saturated heterocycles. The van der Waals surface area contributed by atoms with Gasteiger partial charge in [-0.1, -0.05) is 27.7 Å². The van der Waals surface area contributed by atoms with Gasteiger partial charge >= 0.3 is 0 Å². The molecule has 3 heterocycles. The zero-order valence-corrected chi connectivity index (χ0v) is 26.9. The lowest BCUT2D eigenvalue weighted by molar-refractivity contribution is 0.0887. The van der Waals surface area contributed by atoms with Gasteiger partial charge in [0.25, 0.3) is 0 Å². The zero-order chi connectivity index (χ0) is 27.4. The van der Waals surface area contributed by atoms with Crippen LogP contribution in [0.4, 0.5) is 0 Å². The Balaban J connectivity index is 0.000000270. The minimum atomic E-state index is 0.722. The van der Waals surface area contributed by atoms with E-state index in [1.807, 2.05) is 0 Å². The average molecular weight is 509 g/mol. The molecule has 0 aliphatic carbocycles. The molecule has 4 heteroatoms. The van der Waals surface area contributed by atoms with Crippen molar-refractivity contribution in [1.82, 2.24) is 19.6 Å². The van der Waals surface area contributed by atoms with Crippen LogP contribution in [-0.2, 0) is 0 Å². The second kappa shape index (κ2) is 17.4. The van der Waals surface area contributed by atoms with Crippen LogP contribution < -0.4 is 0 Å². The molecule has 3 aliphatic heterocycles. The first kappa shape index (κ1) is 33.9. The maximum Gasteiger partial charge on any atom is 0.0113 e. The van der Waals surface area contributed by atoms with E-state index < -0.39 is 0 Å². The van der Waals surface area contributed by atoms with Crippen molar-refractivity contribution in [3.63, 3.8) is 0 Å². The molecule has 0 bridgehead atoms. The van der Waals surface area contributed by atoms with E-state index in [2.05, 4.69) is 103 Å². The quantitative estimate of drug-likeness (QED) is 0.385. The minimum absolute atomic E-state index is 0.722. The molecule has 0 aromatic rings. The van der Waals surface area contributed by atoms with E-state index in [0.717, 1.165) is 47.8 Å². The topological polar surface area (TPSA) is 13.0 Å². The van der Waals surface area contributed by atoms with Crippen molar-refractivity contribution in [2.24, 2.45) is 23.7 Å². The Morgan fingerprint density at radius 2 is 0.528 bits per heavy atom. The average Bonchev–Trinajstić information content (AvgIpc) is 2.84. The fourth-order valence-electron chi connectivity index (χ4n) is 5.98. The number of hydrogen-bond donors (Lipinski definition) is 0. The molecule has 0 aromatic carbocycles. The summed E-state index contributed by atoms with van der Waals surface area (Å²) in [5.41, 5.74) is 0. The van der Waals surface area contributed by atoms with Gasteiger partial charge in [0.05, 0.1) is 0 Å². The molecule has 4 nitrogen and oxygen atoms in total. The van der Waals surface area contributed by atoms with Crippen molar-refractivity contribution in [3.8, 4) is 0 Å². The Morgan fingerprint density at radius 1 is 0.333 bits per heavy atom. The fourth-order valence-corrected chi connectivity index (χ4v) is 5.98. The van der Waals surface area contributed by atoms with Crippen LogP contribution in [0.25, 0.3) is 0 Å². The largest absolute Gasteiger partial charge is 0.301 e. The number of rotatable bonds is 6. The maximum absolute atomic E-state index is 2.60. The third-order valence-corrected chi connectivity index (χ3v) is 9.30. The molecule has 3 fully saturated rings. The monoisotopic (exact) mass is 509 g/mol. The van der Waals surface area contributed by atoms with Crippen molar-refractivity contribution in [1.29, 1.82) is 0 Å². The first-order chi connectivity index (χ1) is 16.8. The van der Waals surface area contributed by atoms with Gasteiger partial charge in [0, 0.05) is 50.3 Å². The van der Waals surface area contributed by atoms with Gasteiger partial charge in [0.15, 0.2) is 0 Å². The van der Waals surface area contributed by atoms with Crippen molar-refractivity contribution in [3.05, 3.63) is 0 Å². The summed E-state index contributed by atoms with van der Waals surface area (Å²) < 4.78 is 0. The van der Waals surface area contributed by atoms with Gasteiger partial charge in [0.2, 0.25) is 0 Å². The molecule has 3 aliphatic rings. The molecular weight excluding hydrogens is 440 g/mol. The van der Waals surface area contributed by atoms with Gasteiger partial charge in [-0.25, -0.2) is 0 Å². The summed E-state index contributed by atoms with van der Waals surface area (Å²) in [4.78, 5) is 10.3. The lowest BCUT2D eigenvalue weighted by Crippen LogP contribution is -2.50. The molecule has 3 rings (SSSR count). The summed E-state index contributed by atoms with van der Waals surface area (Å²) in [6.07, 6.45) is 5.65. The van der Waals surface area contributed by atoms with Crippen LogP contribution in [0, 0.1) is 23.7 Å². The smallest absolute Gasteiger partial charge is 0.0113 e. The molecule has 0 aromatic heterocycles. The minimum Gasteiger partial charge on any atom is -0.301 e. The zero-order valence-electron chi connectivity index (χ0n) is 26.9. The molecular formula is C32H68N4. The summed E-state index contributed by atoms with van der Waals surface area (Å²) in [7, 11) is 0. The second-order valence-corrected chi connectivity index (χ2v) is 13.7. The van der Waals surface area contributed by atoms with Crippen LogP contribution in [0.2, 0.25) is 0 Å². The van der Waals surface area contributed by atoms with Crippen LogP contribution in [0.5, 0.6) is 0 Å². The number of piperidine rings is 2. The number of likely N-dealkylation sites (tertiary alicyclic amines) is 2. The molecule has 0 atom stereocenters. The highest BCUT2D eigenvalue weighted by molar-refractivity contribution is 4.77. The Morgan fingerprint density at radius 3 is 0.694 bits per heavy atom. The van der Waals surface area contributed by atoms with Crippen LogP contribution in [-0.4, -0.2) is 96.1 Å². The SMILES string of the molecule is CC(C)C1CCN(C(C)C)CC1.CC(C)C1CCN(C(C)C)CC1.CC(C)N1CCN(C(C)C)CC1. The summed E-state index contributed by atoms with van der Waals surface area (Å²) in [6, 6.07) is 2.94. The molecule has 0 amide bonds. The molecule has 0 radical (unpaired) electrons. The second-order valence-electron chi connectivity index (χ2n) is 13.7. The first-order valence-electron chi connectivity index (χ1n) is 15.8. The van der Waals surface area contributed by atoms with Crippen molar-refractivity contribution in [2.45, 2.75) is 133 Å². The van der Waals surface area contributed by atoms with Crippen molar-refractivity contribution < 1.29 is 0 Å². The van der Waals surface area contributed by atoms with Gasteiger partial charge in [-0.3, -0.25) is 9.80 Å². The first-order valence-corrected chi connectivity index (χ1v) is 15.8.